The molecule has 100 valence electrons. The fraction of sp³-hybridized carbons (Fsp3) is 0.188. The standard InChI is InChI=1S/C16H15N3O/c1-20-12-4-3-11-6-14-16(13(11)7-12)18-15-5-2-10(8-17)9-19(14)15/h2-5,7,9H,6,8,17H2,1H3. The minimum Gasteiger partial charge on any atom is -0.497 e. The van der Waals surface area contributed by atoms with Gasteiger partial charge in [-0.05, 0) is 29.3 Å². The fourth-order valence-corrected chi connectivity index (χ4v) is 2.88. The first-order valence-corrected chi connectivity index (χ1v) is 6.67. The Labute approximate surface area is 116 Å². The summed E-state index contributed by atoms with van der Waals surface area (Å²) in [5.41, 5.74) is 12.6. The minimum absolute atomic E-state index is 0.545. The van der Waals surface area contributed by atoms with Crippen molar-refractivity contribution in [2.75, 3.05) is 7.11 Å². The maximum atomic E-state index is 5.73. The van der Waals surface area contributed by atoms with Crippen LogP contribution in [0.5, 0.6) is 5.75 Å². The van der Waals surface area contributed by atoms with Gasteiger partial charge < -0.3 is 14.9 Å². The lowest BCUT2D eigenvalue weighted by atomic mass is 10.1. The fourth-order valence-electron chi connectivity index (χ4n) is 2.88. The van der Waals surface area contributed by atoms with Gasteiger partial charge in [0.15, 0.2) is 0 Å². The van der Waals surface area contributed by atoms with Crippen LogP contribution in [0.2, 0.25) is 0 Å². The zero-order valence-electron chi connectivity index (χ0n) is 11.3. The van der Waals surface area contributed by atoms with E-state index in [4.69, 9.17) is 15.5 Å². The predicted molar refractivity (Wildman–Crippen MR) is 77.9 cm³/mol. The molecule has 0 unspecified atom stereocenters. The van der Waals surface area contributed by atoms with Crippen LogP contribution in [0.15, 0.2) is 36.5 Å². The Morgan fingerprint density at radius 1 is 1.30 bits per heavy atom. The van der Waals surface area contributed by atoms with Crippen molar-refractivity contribution < 1.29 is 4.74 Å². The summed E-state index contributed by atoms with van der Waals surface area (Å²) in [6, 6.07) is 10.2. The third-order valence-corrected chi connectivity index (χ3v) is 3.94. The van der Waals surface area contributed by atoms with E-state index in [1.807, 2.05) is 18.2 Å². The van der Waals surface area contributed by atoms with Gasteiger partial charge in [0.05, 0.1) is 18.5 Å². The summed E-state index contributed by atoms with van der Waals surface area (Å²) < 4.78 is 7.47. The Morgan fingerprint density at radius 3 is 3.00 bits per heavy atom. The summed E-state index contributed by atoms with van der Waals surface area (Å²) >= 11 is 0. The second-order valence-corrected chi connectivity index (χ2v) is 5.08. The average molecular weight is 265 g/mol. The lowest BCUT2D eigenvalue weighted by molar-refractivity contribution is 0.415. The molecule has 1 aromatic carbocycles. The molecule has 0 bridgehead atoms. The van der Waals surface area contributed by atoms with E-state index < -0.39 is 0 Å². The zero-order chi connectivity index (χ0) is 13.7. The number of aromatic nitrogens is 2. The summed E-state index contributed by atoms with van der Waals surface area (Å²) in [5.74, 6) is 0.872. The Kier molecular flexibility index (Phi) is 2.35. The van der Waals surface area contributed by atoms with Crippen LogP contribution in [0.25, 0.3) is 16.9 Å². The summed E-state index contributed by atoms with van der Waals surface area (Å²) in [5, 5.41) is 0. The van der Waals surface area contributed by atoms with Crippen molar-refractivity contribution in [1.82, 2.24) is 9.38 Å². The van der Waals surface area contributed by atoms with E-state index in [2.05, 4.69) is 22.7 Å². The SMILES string of the molecule is COc1ccc2c(c1)-c1nc3ccc(CN)cn3c1C2. The first-order valence-electron chi connectivity index (χ1n) is 6.67. The van der Waals surface area contributed by atoms with E-state index >= 15 is 0 Å². The zero-order valence-corrected chi connectivity index (χ0v) is 11.3. The molecular formula is C16H15N3O. The number of hydrogen-bond donors (Lipinski definition) is 1. The van der Waals surface area contributed by atoms with Crippen LogP contribution >= 0.6 is 0 Å². The molecule has 4 nitrogen and oxygen atoms in total. The Hall–Kier alpha value is -2.33. The van der Waals surface area contributed by atoms with Gasteiger partial charge in [0.1, 0.15) is 11.4 Å². The van der Waals surface area contributed by atoms with Gasteiger partial charge in [0.2, 0.25) is 0 Å². The molecule has 0 saturated heterocycles. The number of pyridine rings is 1. The van der Waals surface area contributed by atoms with Gasteiger partial charge in [0.25, 0.3) is 0 Å². The van der Waals surface area contributed by atoms with Gasteiger partial charge >= 0.3 is 0 Å². The van der Waals surface area contributed by atoms with E-state index in [9.17, 15) is 0 Å². The van der Waals surface area contributed by atoms with Crippen molar-refractivity contribution in [3.8, 4) is 17.0 Å². The molecule has 0 amide bonds. The van der Waals surface area contributed by atoms with Crippen molar-refractivity contribution in [1.29, 1.82) is 0 Å². The molecule has 20 heavy (non-hydrogen) atoms. The summed E-state index contributed by atoms with van der Waals surface area (Å²) in [6.45, 7) is 0.545. The van der Waals surface area contributed by atoms with E-state index in [0.29, 0.717) is 6.54 Å². The molecule has 0 atom stereocenters. The molecule has 0 fully saturated rings. The summed E-state index contributed by atoms with van der Waals surface area (Å²) in [7, 11) is 1.69. The number of methoxy groups -OCH3 is 1. The minimum atomic E-state index is 0.545. The van der Waals surface area contributed by atoms with Crippen LogP contribution < -0.4 is 10.5 Å². The predicted octanol–water partition coefficient (Wildman–Crippen LogP) is 2.37. The second-order valence-electron chi connectivity index (χ2n) is 5.08. The number of rotatable bonds is 2. The molecule has 2 N–H and O–H groups in total. The van der Waals surface area contributed by atoms with Crippen LogP contribution in [0.3, 0.4) is 0 Å². The van der Waals surface area contributed by atoms with Crippen molar-refractivity contribution in [3.05, 3.63) is 53.3 Å². The molecule has 2 heterocycles. The highest BCUT2D eigenvalue weighted by molar-refractivity contribution is 5.76. The molecule has 0 spiro atoms. The largest absolute Gasteiger partial charge is 0.497 e. The Balaban J connectivity index is 1.96. The summed E-state index contributed by atoms with van der Waals surface area (Å²) in [4.78, 5) is 4.75. The lowest BCUT2D eigenvalue weighted by Crippen LogP contribution is -1.99. The highest BCUT2D eigenvalue weighted by atomic mass is 16.5. The number of ether oxygens (including phenoxy) is 1. The van der Waals surface area contributed by atoms with Gasteiger partial charge in [-0.1, -0.05) is 12.1 Å². The normalized spacial score (nSPS) is 12.5. The van der Waals surface area contributed by atoms with Gasteiger partial charge in [-0.3, -0.25) is 0 Å². The number of nitrogens with two attached hydrogens (primary N) is 1. The van der Waals surface area contributed by atoms with E-state index in [0.717, 1.165) is 29.1 Å². The van der Waals surface area contributed by atoms with Crippen LogP contribution in [0.4, 0.5) is 0 Å². The monoisotopic (exact) mass is 265 g/mol. The van der Waals surface area contributed by atoms with E-state index in [1.54, 1.807) is 7.11 Å². The second kappa shape index (κ2) is 4.08. The maximum absolute atomic E-state index is 5.73. The van der Waals surface area contributed by atoms with Gasteiger partial charge in [-0.25, -0.2) is 4.98 Å². The third kappa shape index (κ3) is 1.48. The Morgan fingerprint density at radius 2 is 2.20 bits per heavy atom. The molecule has 1 aliphatic rings. The average Bonchev–Trinajstić information content (AvgIpc) is 3.02. The van der Waals surface area contributed by atoms with Crippen LogP contribution in [-0.4, -0.2) is 16.5 Å². The molecule has 4 rings (SSSR count). The van der Waals surface area contributed by atoms with E-state index in [-0.39, 0.29) is 0 Å². The highest BCUT2D eigenvalue weighted by Gasteiger charge is 2.24. The van der Waals surface area contributed by atoms with Crippen molar-refractivity contribution in [2.45, 2.75) is 13.0 Å². The van der Waals surface area contributed by atoms with Crippen LogP contribution in [0, 0.1) is 0 Å². The van der Waals surface area contributed by atoms with Crippen molar-refractivity contribution >= 4 is 5.65 Å². The number of nitrogens with zero attached hydrogens (tertiary/aromatic N) is 2. The molecule has 4 heteroatoms. The van der Waals surface area contributed by atoms with Gasteiger partial charge in [-0.2, -0.15) is 0 Å². The lowest BCUT2D eigenvalue weighted by Gasteiger charge is -2.04. The smallest absolute Gasteiger partial charge is 0.137 e. The van der Waals surface area contributed by atoms with Crippen LogP contribution in [-0.2, 0) is 13.0 Å². The third-order valence-electron chi connectivity index (χ3n) is 3.94. The Bertz CT molecular complexity index is 820. The first-order chi connectivity index (χ1) is 9.80. The summed E-state index contributed by atoms with van der Waals surface area (Å²) in [6.07, 6.45) is 2.99. The van der Waals surface area contributed by atoms with E-state index in [1.165, 1.54) is 16.8 Å². The topological polar surface area (TPSA) is 52.5 Å². The number of imidazole rings is 1. The molecule has 3 aromatic rings. The molecular weight excluding hydrogens is 250 g/mol. The van der Waals surface area contributed by atoms with Crippen LogP contribution in [0.1, 0.15) is 16.8 Å². The van der Waals surface area contributed by atoms with Gasteiger partial charge in [0, 0.05) is 24.7 Å². The number of fused-ring (bicyclic) bond motifs is 5. The first kappa shape index (κ1) is 11.5. The number of benzene rings is 1. The molecule has 0 aliphatic heterocycles. The van der Waals surface area contributed by atoms with Gasteiger partial charge in [-0.15, -0.1) is 0 Å². The van der Waals surface area contributed by atoms with Crippen molar-refractivity contribution in [2.24, 2.45) is 5.73 Å². The molecule has 0 radical (unpaired) electrons. The molecule has 2 aromatic heterocycles. The molecule has 0 saturated carbocycles. The number of hydrogen-bond acceptors (Lipinski definition) is 3. The molecule has 1 aliphatic carbocycles. The highest BCUT2D eigenvalue weighted by Crippen LogP contribution is 2.38. The quantitative estimate of drug-likeness (QED) is 0.605. The van der Waals surface area contributed by atoms with Crippen molar-refractivity contribution in [3.63, 3.8) is 0 Å². The maximum Gasteiger partial charge on any atom is 0.137 e.